The van der Waals surface area contributed by atoms with Gasteiger partial charge in [-0.2, -0.15) is 0 Å². The van der Waals surface area contributed by atoms with Crippen LogP contribution in [0.4, 0.5) is 4.79 Å². The molecule has 3 aliphatic rings. The number of carbonyl (C=O) groups excluding carboxylic acids is 2. The number of aromatic nitrogens is 2. The number of hydrogen-bond acceptors (Lipinski definition) is 15. The number of fused-ring (bicyclic) bond motifs is 3. The van der Waals surface area contributed by atoms with Gasteiger partial charge in [0.2, 0.25) is 0 Å². The molecule has 5 heterocycles. The number of aliphatic hydroxyl groups is 1. The van der Waals surface area contributed by atoms with Crippen LogP contribution in [-0.2, 0) is 42.8 Å². The number of rotatable bonds is 13. The van der Waals surface area contributed by atoms with Gasteiger partial charge >= 0.3 is 12.1 Å². The molecule has 7 rings (SSSR count). The maximum Gasteiger partial charge on any atom is 0.509 e. The summed E-state index contributed by atoms with van der Waals surface area (Å²) in [5.74, 6) is -3.04. The zero-order valence-electron chi connectivity index (χ0n) is 42.5. The number of hydrogen-bond donors (Lipinski definition) is 1. The number of benzene rings is 2. The summed E-state index contributed by atoms with van der Waals surface area (Å²) < 4.78 is 45.4. The lowest BCUT2D eigenvalue weighted by atomic mass is 9.73. The highest BCUT2D eigenvalue weighted by Gasteiger charge is 2.59. The van der Waals surface area contributed by atoms with E-state index < -0.39 is 83.8 Å². The zero-order valence-corrected chi connectivity index (χ0v) is 42.5. The predicted molar refractivity (Wildman–Crippen MR) is 269 cm³/mol. The van der Waals surface area contributed by atoms with Crippen molar-refractivity contribution in [2.75, 3.05) is 34.4 Å². The highest BCUT2D eigenvalue weighted by molar-refractivity contribution is 5.90. The number of methoxy groups -OCH3 is 1. The number of ether oxygens (including phenoxy) is 7. The van der Waals surface area contributed by atoms with Gasteiger partial charge in [0.15, 0.2) is 18.0 Å². The minimum absolute atomic E-state index is 0.123. The Morgan fingerprint density at radius 1 is 0.857 bits per heavy atom. The fourth-order valence-electron chi connectivity index (χ4n) is 10.9. The molecule has 0 bridgehead atoms. The lowest BCUT2D eigenvalue weighted by Gasteiger charge is -2.48. The summed E-state index contributed by atoms with van der Waals surface area (Å²) in [6, 6.07) is 19.5. The molecule has 1 N–H and O–H groups in total. The van der Waals surface area contributed by atoms with E-state index >= 15 is 0 Å². The molecule has 2 aromatic heterocycles. The number of cyclic esters (lactones) is 1. The van der Waals surface area contributed by atoms with Gasteiger partial charge in [-0.05, 0) is 103 Å². The lowest BCUT2D eigenvalue weighted by molar-refractivity contribution is -0.302. The molecule has 15 nitrogen and oxygen atoms in total. The summed E-state index contributed by atoms with van der Waals surface area (Å²) in [4.78, 5) is 45.1. The largest absolute Gasteiger partial charge is 0.509 e. The van der Waals surface area contributed by atoms with Gasteiger partial charge in [0, 0.05) is 54.1 Å². The van der Waals surface area contributed by atoms with Gasteiger partial charge in [-0.3, -0.25) is 14.8 Å². The van der Waals surface area contributed by atoms with Gasteiger partial charge in [-0.1, -0.05) is 87.5 Å². The van der Waals surface area contributed by atoms with Gasteiger partial charge in [0.25, 0.3) is 0 Å². The molecule has 70 heavy (non-hydrogen) atoms. The van der Waals surface area contributed by atoms with Crippen molar-refractivity contribution in [2.24, 2.45) is 28.8 Å². The van der Waals surface area contributed by atoms with Crippen LogP contribution in [0.5, 0.6) is 0 Å². The van der Waals surface area contributed by atoms with E-state index in [4.69, 9.17) is 43.2 Å². The van der Waals surface area contributed by atoms with Gasteiger partial charge in [-0.25, -0.2) is 4.79 Å². The standard InChI is InChI=1S/C55H72N4O11/c1-12-45-55(8)50(69-53(62)70-55)35(4)46(58-65-30-18-20-39-26-28-57-43-24-16-14-22-41(39)43)33(2)32-54(7,63-11)49(68-52-47(60)44(59(9)10)31-34(3)66-52)36(5)48(37(6)51(61)67-45)64-29-17-19-38-25-27-56-42-23-15-13-21-40(38)42/h13-28,33-37,44-45,47-50,52,60H,12,29-32H2,1-11H3/b19-17+,20-18+,58-46+/t33-,34-,35+,36+,37-,44+,45-,47-,48?,49-,50+,52-,54-,55-/m1/s1. The summed E-state index contributed by atoms with van der Waals surface area (Å²) >= 11 is 0. The first-order valence-electron chi connectivity index (χ1n) is 24.6. The maximum absolute atomic E-state index is 14.7. The molecule has 0 amide bonds. The Hall–Kier alpha value is -5.29. The molecule has 3 saturated heterocycles. The number of carbonyl (C=O) groups is 2. The van der Waals surface area contributed by atoms with Crippen LogP contribution >= 0.6 is 0 Å². The van der Waals surface area contributed by atoms with Gasteiger partial charge in [-0.15, -0.1) is 0 Å². The van der Waals surface area contributed by atoms with Crippen LogP contribution in [-0.4, -0.2) is 132 Å². The maximum atomic E-state index is 14.7. The molecule has 0 radical (unpaired) electrons. The smallest absolute Gasteiger partial charge is 0.458 e. The quantitative estimate of drug-likeness (QED) is 0.0765. The van der Waals surface area contributed by atoms with Crippen molar-refractivity contribution >= 4 is 51.8 Å². The second-order valence-electron chi connectivity index (χ2n) is 19.8. The summed E-state index contributed by atoms with van der Waals surface area (Å²) in [5, 5.41) is 18.7. The third kappa shape index (κ3) is 11.4. The topological polar surface area (TPSA) is 170 Å². The average Bonchev–Trinajstić information content (AvgIpc) is 3.67. The Morgan fingerprint density at radius 3 is 2.07 bits per heavy atom. The molecular formula is C55H72N4O11. The number of likely N-dealkylation sites (N-methyl/N-ethyl adjacent to an activating group) is 1. The van der Waals surface area contributed by atoms with E-state index in [-0.39, 0.29) is 25.4 Å². The molecular weight excluding hydrogens is 893 g/mol. The second kappa shape index (κ2) is 22.9. The van der Waals surface area contributed by atoms with Crippen molar-refractivity contribution in [1.29, 1.82) is 0 Å². The minimum Gasteiger partial charge on any atom is -0.458 e. The second-order valence-corrected chi connectivity index (χ2v) is 19.8. The predicted octanol–water partition coefficient (Wildman–Crippen LogP) is 9.05. The number of para-hydroxylation sites is 2. The highest BCUT2D eigenvalue weighted by atomic mass is 16.8. The van der Waals surface area contributed by atoms with Crippen molar-refractivity contribution in [3.63, 3.8) is 0 Å². The van der Waals surface area contributed by atoms with Crippen molar-refractivity contribution in [2.45, 2.75) is 135 Å². The fourth-order valence-corrected chi connectivity index (χ4v) is 10.9. The lowest BCUT2D eigenvalue weighted by Crippen LogP contribution is -2.60. The first kappa shape index (κ1) is 52.5. The van der Waals surface area contributed by atoms with E-state index in [9.17, 15) is 14.7 Å². The third-order valence-corrected chi connectivity index (χ3v) is 14.7. The third-order valence-electron chi connectivity index (χ3n) is 14.7. The van der Waals surface area contributed by atoms with Crippen molar-refractivity contribution in [1.82, 2.24) is 14.9 Å². The Labute approximate surface area is 412 Å². The normalized spacial score (nSPS) is 34.2. The molecule has 378 valence electrons. The van der Waals surface area contributed by atoms with Crippen molar-refractivity contribution in [3.05, 3.63) is 96.3 Å². The van der Waals surface area contributed by atoms with Crippen molar-refractivity contribution in [3.8, 4) is 0 Å². The van der Waals surface area contributed by atoms with Crippen LogP contribution in [0.1, 0.15) is 85.8 Å². The molecule has 3 aliphatic heterocycles. The number of oxime groups is 1. The van der Waals surface area contributed by atoms with E-state index in [1.165, 1.54) is 0 Å². The molecule has 0 spiro atoms. The molecule has 14 atom stereocenters. The van der Waals surface area contributed by atoms with Crippen LogP contribution in [0.15, 0.2) is 90.4 Å². The Balaban J connectivity index is 1.28. The SMILES string of the molecule is CC[C@H]1OC(=O)[C@H](C)C(OC/C=C/c2ccnc3ccccc23)[C@H](C)[C@@H](O[C@H]2O[C@H](C)C[C@H](N(C)C)[C@H]2O)[C@](C)(OC)C[C@@H](C)/C(=N\OC/C=C/c2ccnc3ccccc23)[C@H](C)[C@@H]2OC(=O)O[C@]12C. The molecule has 2 aromatic carbocycles. The van der Waals surface area contributed by atoms with Crippen LogP contribution < -0.4 is 0 Å². The first-order valence-corrected chi connectivity index (χ1v) is 24.6. The van der Waals surface area contributed by atoms with E-state index in [1.807, 2.05) is 146 Å². The molecule has 3 fully saturated rings. The molecule has 15 heteroatoms. The number of aliphatic hydroxyl groups excluding tert-OH is 1. The summed E-state index contributed by atoms with van der Waals surface area (Å²) in [6.07, 6.45) is 5.76. The van der Waals surface area contributed by atoms with Gasteiger partial charge in [0.1, 0.15) is 18.8 Å². The van der Waals surface area contributed by atoms with Gasteiger partial charge in [0.05, 0.1) is 53.2 Å². The van der Waals surface area contributed by atoms with Gasteiger partial charge < -0.3 is 48.0 Å². The van der Waals surface area contributed by atoms with Crippen LogP contribution in [0.3, 0.4) is 0 Å². The highest BCUT2D eigenvalue weighted by Crippen LogP contribution is 2.43. The molecule has 0 saturated carbocycles. The minimum atomic E-state index is -1.41. The summed E-state index contributed by atoms with van der Waals surface area (Å²) in [7, 11) is 5.48. The number of pyridine rings is 2. The van der Waals surface area contributed by atoms with Crippen LogP contribution in [0.2, 0.25) is 0 Å². The summed E-state index contributed by atoms with van der Waals surface area (Å²) in [5.41, 5.74) is 1.70. The van der Waals surface area contributed by atoms with Crippen LogP contribution in [0.25, 0.3) is 34.0 Å². The van der Waals surface area contributed by atoms with Crippen LogP contribution in [0, 0.1) is 23.7 Å². The first-order chi connectivity index (χ1) is 33.5. The van der Waals surface area contributed by atoms with E-state index in [2.05, 4.69) is 9.97 Å². The average molecular weight is 965 g/mol. The molecule has 4 aromatic rings. The van der Waals surface area contributed by atoms with E-state index in [1.54, 1.807) is 33.4 Å². The zero-order chi connectivity index (χ0) is 50.3. The van der Waals surface area contributed by atoms with E-state index in [0.29, 0.717) is 25.0 Å². The summed E-state index contributed by atoms with van der Waals surface area (Å²) in [6.45, 7) is 15.5. The van der Waals surface area contributed by atoms with E-state index in [0.717, 1.165) is 32.9 Å². The Morgan fingerprint density at radius 2 is 1.47 bits per heavy atom. The monoisotopic (exact) mass is 965 g/mol. The Kier molecular flexibility index (Phi) is 17.1. The van der Waals surface area contributed by atoms with Crippen molar-refractivity contribution < 1.29 is 52.7 Å². The Bertz CT molecular complexity index is 2510. The molecule has 0 aliphatic carbocycles. The molecule has 1 unspecified atom stereocenters. The number of nitrogens with zero attached hydrogens (tertiary/aromatic N) is 4. The number of esters is 1. The fraction of sp³-hybridized carbons (Fsp3) is 0.545.